The molecule has 0 amide bonds. The minimum atomic E-state index is -0.213. The molecule has 8 heteroatoms. The standard InChI is InChI=1S/C25H35N7O/c33-24-22-23(28-25(29-24)27-20-10-3-1-4-11-20)32(19-26-22)16-8-7-15-31-17-9-12-21(31)18-30-13-5-2-6-14-30/h1,3-4,10-11,19,21H,2,5-9,12-18H2,(H2,27,28,29,33). The summed E-state index contributed by atoms with van der Waals surface area (Å²) in [6.45, 7) is 7.02. The average Bonchev–Trinajstić information content (AvgIpc) is 3.45. The number of aromatic nitrogens is 4. The van der Waals surface area contributed by atoms with Gasteiger partial charge in [-0.25, -0.2) is 4.98 Å². The van der Waals surface area contributed by atoms with E-state index in [0.29, 0.717) is 17.1 Å². The van der Waals surface area contributed by atoms with E-state index in [0.717, 1.165) is 37.7 Å². The van der Waals surface area contributed by atoms with E-state index >= 15 is 0 Å². The number of unbranched alkanes of at least 4 members (excludes halogenated alkanes) is 1. The Bertz CT molecular complexity index is 1090. The number of benzene rings is 1. The van der Waals surface area contributed by atoms with Crippen LogP contribution in [0, 0.1) is 0 Å². The van der Waals surface area contributed by atoms with Gasteiger partial charge in [-0.05, 0) is 76.8 Å². The maximum Gasteiger partial charge on any atom is 0.280 e. The van der Waals surface area contributed by atoms with Crippen molar-refractivity contribution in [1.29, 1.82) is 0 Å². The highest BCUT2D eigenvalue weighted by atomic mass is 16.1. The van der Waals surface area contributed by atoms with Gasteiger partial charge in [0.05, 0.1) is 6.33 Å². The van der Waals surface area contributed by atoms with Gasteiger partial charge in [0.25, 0.3) is 5.56 Å². The summed E-state index contributed by atoms with van der Waals surface area (Å²) in [5.74, 6) is 0.443. The van der Waals surface area contributed by atoms with Gasteiger partial charge in [-0.3, -0.25) is 14.7 Å². The first-order valence-corrected chi connectivity index (χ1v) is 12.5. The summed E-state index contributed by atoms with van der Waals surface area (Å²) in [7, 11) is 0. The molecule has 2 aliphatic rings. The normalized spacial score (nSPS) is 19.9. The summed E-state index contributed by atoms with van der Waals surface area (Å²) < 4.78 is 2.01. The van der Waals surface area contributed by atoms with E-state index in [-0.39, 0.29) is 5.56 Å². The zero-order valence-electron chi connectivity index (χ0n) is 19.4. The molecular formula is C25H35N7O. The Morgan fingerprint density at radius 1 is 1.00 bits per heavy atom. The molecule has 176 valence electrons. The predicted molar refractivity (Wildman–Crippen MR) is 132 cm³/mol. The first kappa shape index (κ1) is 22.1. The average molecular weight is 450 g/mol. The summed E-state index contributed by atoms with van der Waals surface area (Å²) in [4.78, 5) is 29.6. The van der Waals surface area contributed by atoms with Gasteiger partial charge in [-0.1, -0.05) is 24.6 Å². The number of likely N-dealkylation sites (tertiary alicyclic amines) is 2. The van der Waals surface area contributed by atoms with Crippen LogP contribution in [0.1, 0.15) is 44.9 Å². The fraction of sp³-hybridized carbons (Fsp3) is 0.560. The number of nitrogens with zero attached hydrogens (tertiary/aromatic N) is 5. The predicted octanol–water partition coefficient (Wildman–Crippen LogP) is 3.59. The molecule has 3 aromatic rings. The Balaban J connectivity index is 1.16. The van der Waals surface area contributed by atoms with Crippen molar-refractivity contribution in [2.75, 3.05) is 38.0 Å². The minimum absolute atomic E-state index is 0.213. The largest absolute Gasteiger partial charge is 0.326 e. The topological polar surface area (TPSA) is 82.1 Å². The van der Waals surface area contributed by atoms with Crippen LogP contribution < -0.4 is 10.9 Å². The van der Waals surface area contributed by atoms with Crippen LogP contribution >= 0.6 is 0 Å². The van der Waals surface area contributed by atoms with Gasteiger partial charge in [0.2, 0.25) is 5.95 Å². The molecule has 33 heavy (non-hydrogen) atoms. The lowest BCUT2D eigenvalue weighted by molar-refractivity contribution is 0.152. The second-order valence-corrected chi connectivity index (χ2v) is 9.42. The molecule has 2 aromatic heterocycles. The maximum absolute atomic E-state index is 12.5. The number of hydrogen-bond donors (Lipinski definition) is 2. The molecule has 1 aromatic carbocycles. The molecule has 4 heterocycles. The van der Waals surface area contributed by atoms with Crippen LogP contribution in [0.25, 0.3) is 11.2 Å². The van der Waals surface area contributed by atoms with Crippen LogP contribution in [0.3, 0.4) is 0 Å². The summed E-state index contributed by atoms with van der Waals surface area (Å²) in [5.41, 5.74) is 1.71. The number of H-pyrrole nitrogens is 1. The highest BCUT2D eigenvalue weighted by Gasteiger charge is 2.26. The van der Waals surface area contributed by atoms with Crippen LogP contribution in [0.2, 0.25) is 0 Å². The van der Waals surface area contributed by atoms with Crippen molar-refractivity contribution in [3.63, 3.8) is 0 Å². The fourth-order valence-electron chi connectivity index (χ4n) is 5.27. The third-order valence-electron chi connectivity index (χ3n) is 7.02. The maximum atomic E-state index is 12.5. The molecule has 2 fully saturated rings. The second kappa shape index (κ2) is 10.5. The number of piperidine rings is 1. The van der Waals surface area contributed by atoms with Crippen molar-refractivity contribution in [2.45, 2.75) is 57.5 Å². The molecule has 8 nitrogen and oxygen atoms in total. The van der Waals surface area contributed by atoms with E-state index in [2.05, 4.69) is 30.1 Å². The van der Waals surface area contributed by atoms with E-state index < -0.39 is 0 Å². The third-order valence-corrected chi connectivity index (χ3v) is 7.02. The highest BCUT2D eigenvalue weighted by Crippen LogP contribution is 2.21. The van der Waals surface area contributed by atoms with Crippen LogP contribution in [0.4, 0.5) is 11.6 Å². The molecular weight excluding hydrogens is 414 g/mol. The summed E-state index contributed by atoms with van der Waals surface area (Å²) >= 11 is 0. The smallest absolute Gasteiger partial charge is 0.280 e. The number of nitrogens with one attached hydrogen (secondary N) is 2. The van der Waals surface area contributed by atoms with E-state index in [1.807, 2.05) is 34.9 Å². The number of para-hydroxylation sites is 1. The Labute approximate surface area is 195 Å². The molecule has 1 atom stereocenters. The van der Waals surface area contributed by atoms with E-state index in [1.165, 1.54) is 58.3 Å². The van der Waals surface area contributed by atoms with Crippen molar-refractivity contribution in [3.05, 3.63) is 47.0 Å². The van der Waals surface area contributed by atoms with Crippen LogP contribution in [-0.2, 0) is 6.54 Å². The summed E-state index contributed by atoms with van der Waals surface area (Å²) in [5, 5.41) is 3.18. The van der Waals surface area contributed by atoms with Crippen molar-refractivity contribution in [3.8, 4) is 0 Å². The second-order valence-electron chi connectivity index (χ2n) is 9.42. The quantitative estimate of drug-likeness (QED) is 0.486. The first-order valence-electron chi connectivity index (χ1n) is 12.5. The molecule has 0 bridgehead atoms. The Morgan fingerprint density at radius 3 is 2.67 bits per heavy atom. The number of fused-ring (bicyclic) bond motifs is 1. The zero-order valence-corrected chi connectivity index (χ0v) is 19.4. The molecule has 2 saturated heterocycles. The minimum Gasteiger partial charge on any atom is -0.326 e. The van der Waals surface area contributed by atoms with Gasteiger partial charge in [0.15, 0.2) is 11.2 Å². The number of imidazole rings is 1. The van der Waals surface area contributed by atoms with Crippen LogP contribution in [0.15, 0.2) is 41.5 Å². The molecule has 0 aliphatic carbocycles. The number of hydrogen-bond acceptors (Lipinski definition) is 6. The lowest BCUT2D eigenvalue weighted by atomic mass is 10.1. The molecule has 5 rings (SSSR count). The van der Waals surface area contributed by atoms with Crippen molar-refractivity contribution < 1.29 is 0 Å². The summed E-state index contributed by atoms with van der Waals surface area (Å²) in [6.07, 6.45) is 10.7. The van der Waals surface area contributed by atoms with Crippen LogP contribution in [-0.4, -0.2) is 68.1 Å². The van der Waals surface area contributed by atoms with E-state index in [9.17, 15) is 4.79 Å². The molecule has 0 spiro atoms. The number of aromatic amines is 1. The van der Waals surface area contributed by atoms with Gasteiger partial charge in [0, 0.05) is 24.8 Å². The lowest BCUT2D eigenvalue weighted by Crippen LogP contribution is -2.42. The highest BCUT2D eigenvalue weighted by molar-refractivity contribution is 5.71. The van der Waals surface area contributed by atoms with Gasteiger partial charge >= 0.3 is 0 Å². The van der Waals surface area contributed by atoms with Crippen molar-refractivity contribution >= 4 is 22.8 Å². The zero-order chi connectivity index (χ0) is 22.5. The lowest BCUT2D eigenvalue weighted by Gasteiger charge is -2.33. The Morgan fingerprint density at radius 2 is 1.82 bits per heavy atom. The molecule has 2 N–H and O–H groups in total. The third kappa shape index (κ3) is 5.45. The molecule has 0 radical (unpaired) electrons. The van der Waals surface area contributed by atoms with Crippen molar-refractivity contribution in [1.82, 2.24) is 29.3 Å². The molecule has 1 unspecified atom stereocenters. The van der Waals surface area contributed by atoms with Gasteiger partial charge < -0.3 is 14.8 Å². The number of anilines is 2. The van der Waals surface area contributed by atoms with Crippen LogP contribution in [0.5, 0.6) is 0 Å². The fourth-order valence-corrected chi connectivity index (χ4v) is 5.27. The summed E-state index contributed by atoms with van der Waals surface area (Å²) in [6, 6.07) is 10.5. The van der Waals surface area contributed by atoms with Crippen molar-refractivity contribution in [2.24, 2.45) is 0 Å². The Hall–Kier alpha value is -2.71. The SMILES string of the molecule is O=c1[nH]c(Nc2ccccc2)nc2c1ncn2CCCCN1CCCC1CN1CCCCC1. The Kier molecular flexibility index (Phi) is 7.02. The van der Waals surface area contributed by atoms with Gasteiger partial charge in [-0.15, -0.1) is 0 Å². The molecule has 2 aliphatic heterocycles. The van der Waals surface area contributed by atoms with Gasteiger partial charge in [0.1, 0.15) is 0 Å². The number of rotatable bonds is 9. The van der Waals surface area contributed by atoms with Gasteiger partial charge in [-0.2, -0.15) is 4.98 Å². The first-order chi connectivity index (χ1) is 16.3. The van der Waals surface area contributed by atoms with E-state index in [1.54, 1.807) is 6.33 Å². The number of aryl methyl sites for hydroxylation is 1. The molecule has 0 saturated carbocycles. The van der Waals surface area contributed by atoms with E-state index in [4.69, 9.17) is 0 Å². The monoisotopic (exact) mass is 449 g/mol.